The second kappa shape index (κ2) is 15.7. The third kappa shape index (κ3) is 9.69. The number of esters is 5. The fourth-order valence-corrected chi connectivity index (χ4v) is 4.47. The molecule has 0 bridgehead atoms. The summed E-state index contributed by atoms with van der Waals surface area (Å²) in [7, 11) is 0. The highest BCUT2D eigenvalue weighted by molar-refractivity contribution is 5.73. The van der Waals surface area contributed by atoms with Gasteiger partial charge in [-0.3, -0.25) is 19.2 Å². The van der Waals surface area contributed by atoms with E-state index in [2.05, 4.69) is 0 Å². The Kier molecular flexibility index (Phi) is 12.1. The summed E-state index contributed by atoms with van der Waals surface area (Å²) in [4.78, 5) is 59.8. The Morgan fingerprint density at radius 2 is 1.43 bits per heavy atom. The normalized spacial score (nSPS) is 20.9. The Balaban J connectivity index is 2.03. The van der Waals surface area contributed by atoms with Crippen molar-refractivity contribution in [2.45, 2.75) is 72.2 Å². The van der Waals surface area contributed by atoms with Crippen molar-refractivity contribution in [1.29, 1.82) is 0 Å². The Labute approximate surface area is 254 Å². The fraction of sp³-hybridized carbons (Fsp3) is 0.452. The lowest BCUT2D eigenvalue weighted by molar-refractivity contribution is -0.288. The number of benzene rings is 2. The molecule has 238 valence electrons. The molecule has 0 unspecified atom stereocenters. The Hall–Kier alpha value is -4.65. The van der Waals surface area contributed by atoms with Gasteiger partial charge in [0.05, 0.1) is 6.61 Å². The van der Waals surface area contributed by atoms with Gasteiger partial charge in [-0.25, -0.2) is 4.79 Å². The quantitative estimate of drug-likeness (QED) is 0.253. The summed E-state index contributed by atoms with van der Waals surface area (Å²) in [6.07, 6.45) is -6.68. The minimum atomic E-state index is -1.42. The predicted molar refractivity (Wildman–Crippen MR) is 151 cm³/mol. The zero-order chi connectivity index (χ0) is 32.4. The molecule has 1 fully saturated rings. The second-order valence-electron chi connectivity index (χ2n) is 9.81. The summed E-state index contributed by atoms with van der Waals surface area (Å²) in [5.41, 5.74) is 2.03. The summed E-state index contributed by atoms with van der Waals surface area (Å²) in [6.45, 7) is 7.70. The van der Waals surface area contributed by atoms with E-state index in [1.165, 1.54) is 6.92 Å². The van der Waals surface area contributed by atoms with E-state index < -0.39 is 67.2 Å². The Bertz CT molecular complexity index is 1350. The maximum Gasteiger partial charge on any atom is 0.344 e. The molecule has 1 aliphatic rings. The largest absolute Gasteiger partial charge is 0.482 e. The molecule has 3 rings (SSSR count). The molecule has 1 saturated heterocycles. The van der Waals surface area contributed by atoms with Crippen LogP contribution in [0.25, 0.3) is 11.1 Å². The molecule has 13 nitrogen and oxygen atoms in total. The number of carbonyl (C=O) groups is 5. The van der Waals surface area contributed by atoms with E-state index in [1.54, 1.807) is 43.3 Å². The summed E-state index contributed by atoms with van der Waals surface area (Å²) >= 11 is 0. The summed E-state index contributed by atoms with van der Waals surface area (Å²) < 4.78 is 44.5. The van der Waals surface area contributed by atoms with E-state index in [0.29, 0.717) is 16.9 Å². The second-order valence-corrected chi connectivity index (χ2v) is 9.81. The van der Waals surface area contributed by atoms with E-state index in [4.69, 9.17) is 37.9 Å². The van der Waals surface area contributed by atoms with Gasteiger partial charge in [-0.05, 0) is 43.2 Å². The number of rotatable bonds is 12. The van der Waals surface area contributed by atoms with Crippen LogP contribution in [-0.2, 0) is 52.4 Å². The molecular weight excluding hydrogens is 580 g/mol. The number of hydrogen-bond acceptors (Lipinski definition) is 13. The van der Waals surface area contributed by atoms with E-state index in [0.717, 1.165) is 26.3 Å². The lowest BCUT2D eigenvalue weighted by atomic mass is 9.97. The van der Waals surface area contributed by atoms with Gasteiger partial charge < -0.3 is 37.9 Å². The molecular formula is C31H36O13. The number of hydrogen-bond donors (Lipinski definition) is 0. The van der Waals surface area contributed by atoms with Crippen molar-refractivity contribution in [1.82, 2.24) is 0 Å². The monoisotopic (exact) mass is 616 g/mol. The maximum absolute atomic E-state index is 12.2. The molecule has 0 N–H and O–H groups in total. The molecule has 1 heterocycles. The highest BCUT2D eigenvalue weighted by atomic mass is 16.7. The average molecular weight is 617 g/mol. The molecule has 0 saturated carbocycles. The molecule has 0 radical (unpaired) electrons. The van der Waals surface area contributed by atoms with Gasteiger partial charge in [0.15, 0.2) is 18.8 Å². The van der Waals surface area contributed by atoms with Crippen LogP contribution in [0.5, 0.6) is 11.5 Å². The molecule has 0 aliphatic carbocycles. The zero-order valence-electron chi connectivity index (χ0n) is 25.4. The number of ether oxygens (including phenoxy) is 8. The first-order valence-electron chi connectivity index (χ1n) is 13.8. The van der Waals surface area contributed by atoms with Gasteiger partial charge in [-0.1, -0.05) is 24.3 Å². The minimum Gasteiger partial charge on any atom is -0.482 e. The first-order valence-corrected chi connectivity index (χ1v) is 13.8. The smallest absolute Gasteiger partial charge is 0.344 e. The van der Waals surface area contributed by atoms with Crippen LogP contribution in [0.4, 0.5) is 0 Å². The summed E-state index contributed by atoms with van der Waals surface area (Å²) in [5.74, 6) is -2.71. The van der Waals surface area contributed by atoms with Crippen molar-refractivity contribution < 1.29 is 61.9 Å². The molecule has 1 aliphatic heterocycles. The van der Waals surface area contributed by atoms with Crippen LogP contribution in [0.2, 0.25) is 0 Å². The minimum absolute atomic E-state index is 0.228. The van der Waals surface area contributed by atoms with Gasteiger partial charge in [0.2, 0.25) is 12.4 Å². The van der Waals surface area contributed by atoms with Crippen molar-refractivity contribution in [2.75, 3.05) is 19.8 Å². The lowest BCUT2D eigenvalue weighted by Crippen LogP contribution is -2.63. The predicted octanol–water partition coefficient (Wildman–Crippen LogP) is 3.07. The molecule has 2 aromatic carbocycles. The third-order valence-corrected chi connectivity index (χ3v) is 6.14. The average Bonchev–Trinajstić information content (AvgIpc) is 2.94. The lowest BCUT2D eigenvalue weighted by Gasteiger charge is -2.44. The zero-order valence-corrected chi connectivity index (χ0v) is 25.4. The van der Waals surface area contributed by atoms with Crippen LogP contribution in [0.3, 0.4) is 0 Å². The van der Waals surface area contributed by atoms with Gasteiger partial charge in [-0.2, -0.15) is 0 Å². The number of carbonyl (C=O) groups excluding carboxylic acids is 5. The van der Waals surface area contributed by atoms with E-state index >= 15 is 0 Å². The SMILES string of the molecule is CCOC(=O)COc1cccc(-c2ccc(C)cc2O[C@H]2O[C@H](COC(C)=O)[C@@H](OC(C)=O)[C@H](OC(C)=O)[C@@H]2OC(C)=O)c1. The highest BCUT2D eigenvalue weighted by Crippen LogP contribution is 2.37. The van der Waals surface area contributed by atoms with Crippen LogP contribution in [0, 0.1) is 6.92 Å². The maximum atomic E-state index is 12.2. The molecule has 0 spiro atoms. The van der Waals surface area contributed by atoms with Gasteiger partial charge in [0, 0.05) is 33.3 Å². The summed E-state index contributed by atoms with van der Waals surface area (Å²) in [5, 5.41) is 0. The fourth-order valence-electron chi connectivity index (χ4n) is 4.47. The van der Waals surface area contributed by atoms with E-state index in [-0.39, 0.29) is 19.0 Å². The van der Waals surface area contributed by atoms with Crippen molar-refractivity contribution >= 4 is 29.8 Å². The van der Waals surface area contributed by atoms with Crippen LogP contribution < -0.4 is 9.47 Å². The molecule has 13 heteroatoms. The van der Waals surface area contributed by atoms with Crippen LogP contribution >= 0.6 is 0 Å². The standard InChI is InChI=1S/C31H36O13/c1-7-37-27(36)16-39-23-10-8-9-22(14-23)24-12-11-17(2)13-25(24)43-31-30(42-21(6)35)29(41-20(5)34)28(40-19(4)33)26(44-31)15-38-18(3)32/h8-14,26,28-31H,7,15-16H2,1-6H3/t26-,28-,29+,30+,31+/m1/s1. The Morgan fingerprint density at radius 3 is 2.07 bits per heavy atom. The Morgan fingerprint density at radius 1 is 0.773 bits per heavy atom. The van der Waals surface area contributed by atoms with E-state index in [1.807, 2.05) is 13.0 Å². The summed E-state index contributed by atoms with van der Waals surface area (Å²) in [6, 6.07) is 12.3. The highest BCUT2D eigenvalue weighted by Gasteiger charge is 2.53. The first kappa shape index (κ1) is 33.8. The van der Waals surface area contributed by atoms with Crippen LogP contribution in [-0.4, -0.2) is 80.4 Å². The van der Waals surface area contributed by atoms with Gasteiger partial charge in [-0.15, -0.1) is 0 Å². The van der Waals surface area contributed by atoms with Gasteiger partial charge in [0.25, 0.3) is 0 Å². The topological polar surface area (TPSA) is 159 Å². The number of aryl methyl sites for hydroxylation is 1. The van der Waals surface area contributed by atoms with Gasteiger partial charge in [0.1, 0.15) is 24.2 Å². The molecule has 44 heavy (non-hydrogen) atoms. The van der Waals surface area contributed by atoms with Crippen molar-refractivity contribution in [2.24, 2.45) is 0 Å². The molecule has 5 atom stereocenters. The van der Waals surface area contributed by atoms with Crippen LogP contribution in [0.1, 0.15) is 40.2 Å². The van der Waals surface area contributed by atoms with Crippen LogP contribution in [0.15, 0.2) is 42.5 Å². The van der Waals surface area contributed by atoms with E-state index in [9.17, 15) is 24.0 Å². The first-order chi connectivity index (χ1) is 20.9. The van der Waals surface area contributed by atoms with Crippen molar-refractivity contribution in [3.63, 3.8) is 0 Å². The molecule has 2 aromatic rings. The third-order valence-electron chi connectivity index (χ3n) is 6.14. The van der Waals surface area contributed by atoms with Crippen molar-refractivity contribution in [3.8, 4) is 22.6 Å². The molecule has 0 aromatic heterocycles. The van der Waals surface area contributed by atoms with Gasteiger partial charge >= 0.3 is 29.8 Å². The molecule has 0 amide bonds. The van der Waals surface area contributed by atoms with Crippen molar-refractivity contribution in [3.05, 3.63) is 48.0 Å².